The van der Waals surface area contributed by atoms with Crippen molar-refractivity contribution in [2.75, 3.05) is 6.54 Å². The van der Waals surface area contributed by atoms with Gasteiger partial charge in [0.05, 0.1) is 12.3 Å². The van der Waals surface area contributed by atoms with Crippen molar-refractivity contribution >= 4 is 5.91 Å². The molecule has 2 N–H and O–H groups in total. The third-order valence-corrected chi connectivity index (χ3v) is 2.28. The molecule has 1 aromatic heterocycles. The molecule has 0 radical (unpaired) electrons. The summed E-state index contributed by atoms with van der Waals surface area (Å²) in [5.74, 6) is -0.00945. The zero-order chi connectivity index (χ0) is 12.0. The van der Waals surface area contributed by atoms with Gasteiger partial charge in [-0.3, -0.25) is 9.48 Å². The Hall–Kier alpha value is -1.36. The molecule has 0 saturated carbocycles. The number of carbonyl (C=O) groups is 1. The summed E-state index contributed by atoms with van der Waals surface area (Å²) >= 11 is 0. The van der Waals surface area contributed by atoms with Crippen LogP contribution in [0.25, 0.3) is 0 Å². The van der Waals surface area contributed by atoms with E-state index >= 15 is 0 Å². The molecule has 90 valence electrons. The van der Waals surface area contributed by atoms with Gasteiger partial charge in [-0.2, -0.15) is 5.10 Å². The molecule has 5 nitrogen and oxygen atoms in total. The van der Waals surface area contributed by atoms with Gasteiger partial charge in [-0.25, -0.2) is 0 Å². The van der Waals surface area contributed by atoms with Crippen molar-refractivity contribution in [2.24, 2.45) is 7.05 Å². The highest BCUT2D eigenvalue weighted by atomic mass is 16.3. The first-order chi connectivity index (χ1) is 7.58. The number of aromatic nitrogens is 2. The zero-order valence-corrected chi connectivity index (χ0v) is 9.81. The highest BCUT2D eigenvalue weighted by molar-refractivity contribution is 5.75. The third kappa shape index (κ3) is 4.93. The molecule has 0 bridgehead atoms. The lowest BCUT2D eigenvalue weighted by Gasteiger charge is -2.05. The monoisotopic (exact) mass is 225 g/mol. The summed E-state index contributed by atoms with van der Waals surface area (Å²) in [6.45, 7) is 2.30. The molecule has 0 aliphatic heterocycles. The summed E-state index contributed by atoms with van der Waals surface area (Å²) in [7, 11) is 1.87. The number of aliphatic hydroxyl groups excluding tert-OH is 1. The minimum absolute atomic E-state index is 0.00945. The SMILES string of the molecule is CC(O)CCC(=O)NCCc1cnn(C)c1. The number of carbonyl (C=O) groups excluding carboxylic acids is 1. The lowest BCUT2D eigenvalue weighted by atomic mass is 10.2. The Kier molecular flexibility index (Phi) is 4.98. The second-order valence-electron chi connectivity index (χ2n) is 4.01. The van der Waals surface area contributed by atoms with E-state index in [1.807, 2.05) is 13.2 Å². The van der Waals surface area contributed by atoms with Crippen LogP contribution in [0.15, 0.2) is 12.4 Å². The first-order valence-corrected chi connectivity index (χ1v) is 5.50. The number of hydrogen-bond acceptors (Lipinski definition) is 3. The molecule has 1 amide bonds. The van der Waals surface area contributed by atoms with Crippen LogP contribution in [-0.4, -0.2) is 33.4 Å². The number of aliphatic hydroxyl groups is 1. The van der Waals surface area contributed by atoms with E-state index in [1.54, 1.807) is 17.8 Å². The average Bonchev–Trinajstić information content (AvgIpc) is 2.61. The van der Waals surface area contributed by atoms with Gasteiger partial charge in [0.25, 0.3) is 0 Å². The largest absolute Gasteiger partial charge is 0.393 e. The fourth-order valence-corrected chi connectivity index (χ4v) is 1.38. The summed E-state index contributed by atoms with van der Waals surface area (Å²) < 4.78 is 1.74. The van der Waals surface area contributed by atoms with E-state index < -0.39 is 6.10 Å². The molecule has 1 rings (SSSR count). The molecule has 0 fully saturated rings. The summed E-state index contributed by atoms with van der Waals surface area (Å²) in [6.07, 6.45) is 4.99. The van der Waals surface area contributed by atoms with Gasteiger partial charge in [0.1, 0.15) is 0 Å². The second-order valence-corrected chi connectivity index (χ2v) is 4.01. The normalized spacial score (nSPS) is 12.4. The van der Waals surface area contributed by atoms with E-state index in [2.05, 4.69) is 10.4 Å². The average molecular weight is 225 g/mol. The summed E-state index contributed by atoms with van der Waals surface area (Å²) in [5, 5.41) is 15.9. The van der Waals surface area contributed by atoms with E-state index in [4.69, 9.17) is 5.11 Å². The highest BCUT2D eigenvalue weighted by Gasteiger charge is 2.03. The summed E-state index contributed by atoms with van der Waals surface area (Å²) in [4.78, 5) is 11.3. The maximum absolute atomic E-state index is 11.3. The maximum atomic E-state index is 11.3. The van der Waals surface area contributed by atoms with Gasteiger partial charge in [0.15, 0.2) is 0 Å². The standard InChI is InChI=1S/C11H19N3O2/c1-9(15)3-4-11(16)12-6-5-10-7-13-14(2)8-10/h7-9,15H,3-6H2,1-2H3,(H,12,16). The Labute approximate surface area is 95.5 Å². The van der Waals surface area contributed by atoms with Gasteiger partial charge in [0, 0.05) is 26.2 Å². The predicted octanol–water partition coefficient (Wildman–Crippen LogP) is 0.240. The van der Waals surface area contributed by atoms with E-state index in [-0.39, 0.29) is 5.91 Å². The quantitative estimate of drug-likeness (QED) is 0.728. The fourth-order valence-electron chi connectivity index (χ4n) is 1.38. The molecule has 1 aromatic rings. The number of nitrogens with one attached hydrogen (secondary N) is 1. The van der Waals surface area contributed by atoms with Crippen molar-refractivity contribution in [3.8, 4) is 0 Å². The first-order valence-electron chi connectivity index (χ1n) is 5.50. The van der Waals surface area contributed by atoms with Crippen LogP contribution < -0.4 is 5.32 Å². The van der Waals surface area contributed by atoms with Crippen LogP contribution in [0.3, 0.4) is 0 Å². The first kappa shape index (κ1) is 12.7. The molecule has 1 atom stereocenters. The predicted molar refractivity (Wildman–Crippen MR) is 60.8 cm³/mol. The molecule has 16 heavy (non-hydrogen) atoms. The van der Waals surface area contributed by atoms with Crippen molar-refractivity contribution in [1.82, 2.24) is 15.1 Å². The maximum Gasteiger partial charge on any atom is 0.220 e. The van der Waals surface area contributed by atoms with Crippen molar-refractivity contribution in [1.29, 1.82) is 0 Å². The molecular formula is C11H19N3O2. The number of rotatable bonds is 6. The Bertz CT molecular complexity index is 334. The summed E-state index contributed by atoms with van der Waals surface area (Å²) in [6, 6.07) is 0. The molecular weight excluding hydrogens is 206 g/mol. The van der Waals surface area contributed by atoms with E-state index in [1.165, 1.54) is 0 Å². The Morgan fingerprint density at radius 3 is 3.00 bits per heavy atom. The zero-order valence-electron chi connectivity index (χ0n) is 9.81. The van der Waals surface area contributed by atoms with Crippen molar-refractivity contribution in [3.63, 3.8) is 0 Å². The van der Waals surface area contributed by atoms with Crippen molar-refractivity contribution < 1.29 is 9.90 Å². The van der Waals surface area contributed by atoms with Gasteiger partial charge in [-0.15, -0.1) is 0 Å². The smallest absolute Gasteiger partial charge is 0.220 e. The molecule has 1 unspecified atom stereocenters. The lowest BCUT2D eigenvalue weighted by molar-refractivity contribution is -0.121. The van der Waals surface area contributed by atoms with E-state index in [9.17, 15) is 4.79 Å². The molecule has 5 heteroatoms. The number of nitrogens with zero attached hydrogens (tertiary/aromatic N) is 2. The molecule has 0 spiro atoms. The topological polar surface area (TPSA) is 67.2 Å². The number of aryl methyl sites for hydroxylation is 1. The van der Waals surface area contributed by atoms with Gasteiger partial charge in [-0.05, 0) is 25.3 Å². The highest BCUT2D eigenvalue weighted by Crippen LogP contribution is 1.97. The van der Waals surface area contributed by atoms with Crippen LogP contribution in [0.1, 0.15) is 25.3 Å². The van der Waals surface area contributed by atoms with Gasteiger partial charge in [0.2, 0.25) is 5.91 Å². The van der Waals surface area contributed by atoms with Crippen LogP contribution in [0.4, 0.5) is 0 Å². The van der Waals surface area contributed by atoms with E-state index in [0.29, 0.717) is 19.4 Å². The Morgan fingerprint density at radius 2 is 2.44 bits per heavy atom. The number of amides is 1. The fraction of sp³-hybridized carbons (Fsp3) is 0.636. The third-order valence-electron chi connectivity index (χ3n) is 2.28. The van der Waals surface area contributed by atoms with Gasteiger partial charge in [-0.1, -0.05) is 0 Å². The Balaban J connectivity index is 2.13. The Morgan fingerprint density at radius 1 is 1.69 bits per heavy atom. The van der Waals surface area contributed by atoms with Gasteiger partial charge < -0.3 is 10.4 Å². The van der Waals surface area contributed by atoms with Gasteiger partial charge >= 0.3 is 0 Å². The molecule has 1 heterocycles. The van der Waals surface area contributed by atoms with E-state index in [0.717, 1.165) is 12.0 Å². The number of hydrogen-bond donors (Lipinski definition) is 2. The minimum atomic E-state index is -0.413. The van der Waals surface area contributed by atoms with Crippen LogP contribution >= 0.6 is 0 Å². The molecule has 0 saturated heterocycles. The van der Waals surface area contributed by atoms with Crippen LogP contribution in [-0.2, 0) is 18.3 Å². The minimum Gasteiger partial charge on any atom is -0.393 e. The molecule has 0 aromatic carbocycles. The lowest BCUT2D eigenvalue weighted by Crippen LogP contribution is -2.26. The van der Waals surface area contributed by atoms with Crippen LogP contribution in [0, 0.1) is 0 Å². The summed E-state index contributed by atoms with van der Waals surface area (Å²) in [5.41, 5.74) is 1.11. The molecule has 0 aliphatic rings. The second kappa shape index (κ2) is 6.27. The van der Waals surface area contributed by atoms with Crippen molar-refractivity contribution in [2.45, 2.75) is 32.3 Å². The van der Waals surface area contributed by atoms with Crippen LogP contribution in [0.5, 0.6) is 0 Å². The molecule has 0 aliphatic carbocycles. The van der Waals surface area contributed by atoms with Crippen molar-refractivity contribution in [3.05, 3.63) is 18.0 Å². The van der Waals surface area contributed by atoms with Crippen LogP contribution in [0.2, 0.25) is 0 Å².